The zero-order valence-corrected chi connectivity index (χ0v) is 17.7. The summed E-state index contributed by atoms with van der Waals surface area (Å²) in [5.41, 5.74) is 3.85. The number of para-hydroxylation sites is 1. The monoisotopic (exact) mass is 396 g/mol. The van der Waals surface area contributed by atoms with Crippen molar-refractivity contribution in [2.24, 2.45) is 7.05 Å². The summed E-state index contributed by atoms with van der Waals surface area (Å²) in [6.07, 6.45) is 1.10. The molecule has 7 nitrogen and oxygen atoms in total. The Bertz CT molecular complexity index is 973. The summed E-state index contributed by atoms with van der Waals surface area (Å²) in [4.78, 5) is 29.7. The number of hydrogen-bond acceptors (Lipinski definition) is 4. The van der Waals surface area contributed by atoms with Crippen LogP contribution in [0.15, 0.2) is 24.3 Å². The first-order valence-corrected chi connectivity index (χ1v) is 10.1. The van der Waals surface area contributed by atoms with Crippen LogP contribution in [0.25, 0.3) is 0 Å². The van der Waals surface area contributed by atoms with Crippen molar-refractivity contribution in [2.45, 2.75) is 58.7 Å². The van der Waals surface area contributed by atoms with Gasteiger partial charge in [0.1, 0.15) is 11.3 Å². The average molecular weight is 396 g/mol. The summed E-state index contributed by atoms with van der Waals surface area (Å²) in [7, 11) is 1.80. The lowest BCUT2D eigenvalue weighted by Gasteiger charge is -2.30. The summed E-state index contributed by atoms with van der Waals surface area (Å²) < 4.78 is 7.19. The van der Waals surface area contributed by atoms with E-state index in [2.05, 4.69) is 18.1 Å². The first-order valence-electron chi connectivity index (χ1n) is 10.1. The maximum atomic E-state index is 13.6. The van der Waals surface area contributed by atoms with Crippen LogP contribution in [0, 0.1) is 0 Å². The normalized spacial score (nSPS) is 18.4. The molecule has 0 spiro atoms. The molecule has 0 saturated heterocycles. The van der Waals surface area contributed by atoms with Crippen molar-refractivity contribution in [3.8, 4) is 0 Å². The number of amides is 2. The lowest BCUT2D eigenvalue weighted by molar-refractivity contribution is 0.0222. The number of aryl methyl sites for hydroxylation is 1. The maximum Gasteiger partial charge on any atom is 0.410 e. The van der Waals surface area contributed by atoms with Crippen LogP contribution >= 0.6 is 0 Å². The average Bonchev–Trinajstić information content (AvgIpc) is 3.14. The van der Waals surface area contributed by atoms with Crippen LogP contribution in [0.4, 0.5) is 10.5 Å². The molecule has 0 fully saturated rings. The molecule has 3 heterocycles. The largest absolute Gasteiger partial charge is 0.444 e. The predicted octanol–water partition coefficient (Wildman–Crippen LogP) is 3.30. The number of fused-ring (bicyclic) bond motifs is 2. The SMILES string of the molecule is CC1Cc2ccccc2N1C(=O)c1c2c(nn1C)CCN(C(=O)OC(C)(C)C)C2. The van der Waals surface area contributed by atoms with E-state index in [1.807, 2.05) is 43.9 Å². The van der Waals surface area contributed by atoms with Crippen LogP contribution in [0.2, 0.25) is 0 Å². The minimum atomic E-state index is -0.556. The van der Waals surface area contributed by atoms with Gasteiger partial charge in [-0.25, -0.2) is 4.79 Å². The van der Waals surface area contributed by atoms with Crippen molar-refractivity contribution in [1.82, 2.24) is 14.7 Å². The van der Waals surface area contributed by atoms with Crippen molar-refractivity contribution in [3.63, 3.8) is 0 Å². The number of benzene rings is 1. The number of aromatic nitrogens is 2. The Morgan fingerprint density at radius 2 is 1.93 bits per heavy atom. The Kier molecular flexibility index (Phi) is 4.63. The molecule has 0 N–H and O–H groups in total. The summed E-state index contributed by atoms with van der Waals surface area (Å²) in [6.45, 7) is 8.49. The number of carbonyl (C=O) groups is 2. The molecule has 1 aromatic heterocycles. The van der Waals surface area contributed by atoms with Crippen LogP contribution < -0.4 is 4.90 Å². The number of anilines is 1. The van der Waals surface area contributed by atoms with E-state index >= 15 is 0 Å². The summed E-state index contributed by atoms with van der Waals surface area (Å²) in [5, 5.41) is 4.58. The number of carbonyl (C=O) groups excluding carboxylic acids is 2. The lowest BCUT2D eigenvalue weighted by Crippen LogP contribution is -2.41. The molecule has 29 heavy (non-hydrogen) atoms. The predicted molar refractivity (Wildman–Crippen MR) is 110 cm³/mol. The molecule has 1 aromatic carbocycles. The second kappa shape index (κ2) is 6.90. The van der Waals surface area contributed by atoms with Gasteiger partial charge in [0.25, 0.3) is 5.91 Å². The first-order chi connectivity index (χ1) is 13.7. The molecule has 7 heteroatoms. The second-order valence-corrected chi connectivity index (χ2v) is 8.91. The van der Waals surface area contributed by atoms with Crippen LogP contribution in [-0.4, -0.2) is 44.9 Å². The van der Waals surface area contributed by atoms with E-state index in [1.165, 1.54) is 5.56 Å². The number of ether oxygens (including phenoxy) is 1. The summed E-state index contributed by atoms with van der Waals surface area (Å²) in [6, 6.07) is 8.11. The third kappa shape index (κ3) is 3.50. The Labute approximate surface area is 171 Å². The standard InChI is InChI=1S/C22H28N4O3/c1-14-12-15-8-6-7-9-18(15)26(14)20(27)19-16-13-25(21(28)29-22(2,3)4)11-10-17(16)23-24(19)5/h6-9,14H,10-13H2,1-5H3. The van der Waals surface area contributed by atoms with Crippen molar-refractivity contribution >= 4 is 17.7 Å². The third-order valence-corrected chi connectivity index (χ3v) is 5.48. The highest BCUT2D eigenvalue weighted by Gasteiger charge is 2.37. The van der Waals surface area contributed by atoms with Crippen LogP contribution in [-0.2, 0) is 31.2 Å². The topological polar surface area (TPSA) is 67.7 Å². The fourth-order valence-electron chi connectivity index (χ4n) is 4.24. The van der Waals surface area contributed by atoms with Crippen LogP contribution in [0.3, 0.4) is 0 Å². The molecule has 2 aromatic rings. The highest BCUT2D eigenvalue weighted by Crippen LogP contribution is 2.34. The molecule has 0 saturated carbocycles. The Morgan fingerprint density at radius 1 is 1.21 bits per heavy atom. The highest BCUT2D eigenvalue weighted by atomic mass is 16.6. The van der Waals surface area contributed by atoms with Gasteiger partial charge in [-0.05, 0) is 45.7 Å². The van der Waals surface area contributed by atoms with Crippen molar-refractivity contribution in [1.29, 1.82) is 0 Å². The Morgan fingerprint density at radius 3 is 2.66 bits per heavy atom. The number of rotatable bonds is 1. The van der Waals surface area contributed by atoms with Crippen LogP contribution in [0.5, 0.6) is 0 Å². The Hall–Kier alpha value is -2.83. The van der Waals surface area contributed by atoms with Gasteiger partial charge in [-0.1, -0.05) is 18.2 Å². The van der Waals surface area contributed by atoms with Gasteiger partial charge < -0.3 is 14.5 Å². The summed E-state index contributed by atoms with van der Waals surface area (Å²) >= 11 is 0. The molecule has 154 valence electrons. The van der Waals surface area contributed by atoms with Gasteiger partial charge in [-0.15, -0.1) is 0 Å². The molecule has 0 aliphatic carbocycles. The number of nitrogens with zero attached hydrogens (tertiary/aromatic N) is 4. The molecule has 0 bridgehead atoms. The van der Waals surface area contributed by atoms with Crippen molar-refractivity contribution in [2.75, 3.05) is 11.4 Å². The van der Waals surface area contributed by atoms with Gasteiger partial charge in [0.15, 0.2) is 0 Å². The maximum absolute atomic E-state index is 13.6. The van der Waals surface area contributed by atoms with Gasteiger partial charge in [-0.2, -0.15) is 5.10 Å². The summed E-state index contributed by atoms with van der Waals surface area (Å²) in [5.74, 6) is -0.0651. The second-order valence-electron chi connectivity index (χ2n) is 8.91. The van der Waals surface area contributed by atoms with Crippen molar-refractivity contribution in [3.05, 3.63) is 46.8 Å². The van der Waals surface area contributed by atoms with E-state index in [4.69, 9.17) is 4.74 Å². The van der Waals surface area contributed by atoms with E-state index in [-0.39, 0.29) is 18.0 Å². The van der Waals surface area contributed by atoms with Gasteiger partial charge >= 0.3 is 6.09 Å². The van der Waals surface area contributed by atoms with Gasteiger partial charge in [0.05, 0.1) is 12.2 Å². The molecule has 4 rings (SSSR count). The number of hydrogen-bond donors (Lipinski definition) is 0. The fraction of sp³-hybridized carbons (Fsp3) is 0.500. The molecule has 2 aliphatic heterocycles. The third-order valence-electron chi connectivity index (χ3n) is 5.48. The minimum absolute atomic E-state index is 0.0651. The molecular weight excluding hydrogens is 368 g/mol. The molecule has 2 aliphatic rings. The van der Waals surface area contributed by atoms with Crippen molar-refractivity contribution < 1.29 is 14.3 Å². The zero-order valence-electron chi connectivity index (χ0n) is 17.7. The smallest absolute Gasteiger partial charge is 0.410 e. The van der Waals surface area contributed by atoms with Gasteiger partial charge in [-0.3, -0.25) is 9.48 Å². The van der Waals surface area contributed by atoms with Gasteiger partial charge in [0.2, 0.25) is 0 Å². The van der Waals surface area contributed by atoms with E-state index in [1.54, 1.807) is 16.6 Å². The van der Waals surface area contributed by atoms with E-state index in [0.29, 0.717) is 25.2 Å². The molecule has 2 amide bonds. The first kappa shape index (κ1) is 19.5. The van der Waals surface area contributed by atoms with E-state index < -0.39 is 5.60 Å². The Balaban J connectivity index is 1.65. The molecule has 0 radical (unpaired) electrons. The molecule has 1 atom stereocenters. The highest BCUT2D eigenvalue weighted by molar-refractivity contribution is 6.07. The van der Waals surface area contributed by atoms with E-state index in [9.17, 15) is 9.59 Å². The van der Waals surface area contributed by atoms with E-state index in [0.717, 1.165) is 23.4 Å². The lowest BCUT2D eigenvalue weighted by atomic mass is 10.0. The fourth-order valence-corrected chi connectivity index (χ4v) is 4.24. The molecule has 1 unspecified atom stereocenters. The van der Waals surface area contributed by atoms with Crippen LogP contribution in [0.1, 0.15) is 55.0 Å². The van der Waals surface area contributed by atoms with Gasteiger partial charge in [0, 0.05) is 37.3 Å². The zero-order chi connectivity index (χ0) is 20.9. The minimum Gasteiger partial charge on any atom is -0.444 e. The molecular formula is C22H28N4O3. The quantitative estimate of drug-likeness (QED) is 0.742.